The number of carbonyl (C=O) groups is 1. The Balaban J connectivity index is 1.40. The maximum atomic E-state index is 12.9. The van der Waals surface area contributed by atoms with Gasteiger partial charge < -0.3 is 14.5 Å². The van der Waals surface area contributed by atoms with Crippen LogP contribution in [0, 0.1) is 0 Å². The zero-order valence-electron chi connectivity index (χ0n) is 15.7. The number of para-hydroxylation sites is 1. The normalized spacial score (nSPS) is 14.2. The maximum Gasteiger partial charge on any atom is 0.257 e. The second-order valence-electron chi connectivity index (χ2n) is 6.43. The number of hydrogen-bond acceptors (Lipinski definition) is 6. The molecule has 0 unspecified atom stereocenters. The molecule has 8 nitrogen and oxygen atoms in total. The van der Waals surface area contributed by atoms with E-state index in [0.717, 1.165) is 11.6 Å². The van der Waals surface area contributed by atoms with Crippen LogP contribution >= 0.6 is 0 Å². The lowest BCUT2D eigenvalue weighted by atomic mass is 10.1. The Hall–Kier alpha value is -3.42. The van der Waals surface area contributed by atoms with Crippen molar-refractivity contribution >= 4 is 11.7 Å². The first-order valence-electron chi connectivity index (χ1n) is 9.34. The minimum Gasteiger partial charge on any atom is -0.493 e. The Morgan fingerprint density at radius 1 is 1.04 bits per heavy atom. The van der Waals surface area contributed by atoms with Crippen LogP contribution in [0.25, 0.3) is 5.82 Å². The smallest absolute Gasteiger partial charge is 0.257 e. The lowest BCUT2D eigenvalue weighted by Crippen LogP contribution is -2.49. The molecule has 3 heterocycles. The lowest BCUT2D eigenvalue weighted by molar-refractivity contribution is 0.0742. The van der Waals surface area contributed by atoms with E-state index in [4.69, 9.17) is 4.74 Å². The Bertz CT molecular complexity index is 918. The molecule has 1 aliphatic rings. The van der Waals surface area contributed by atoms with Crippen molar-refractivity contribution in [3.8, 4) is 11.6 Å². The molecule has 2 aromatic heterocycles. The number of rotatable bonds is 5. The second-order valence-corrected chi connectivity index (χ2v) is 6.43. The molecule has 1 aliphatic heterocycles. The van der Waals surface area contributed by atoms with Crippen molar-refractivity contribution in [1.29, 1.82) is 0 Å². The van der Waals surface area contributed by atoms with Crippen LogP contribution in [0.3, 0.4) is 0 Å². The summed E-state index contributed by atoms with van der Waals surface area (Å²) in [5.41, 5.74) is 0.613. The molecule has 28 heavy (non-hydrogen) atoms. The zero-order valence-corrected chi connectivity index (χ0v) is 15.7. The maximum absolute atomic E-state index is 12.9. The molecule has 0 saturated carbocycles. The van der Waals surface area contributed by atoms with Gasteiger partial charge in [-0.1, -0.05) is 12.1 Å². The summed E-state index contributed by atoms with van der Waals surface area (Å²) in [5, 5.41) is 8.59. The highest BCUT2D eigenvalue weighted by Gasteiger charge is 2.25. The Labute approximate surface area is 163 Å². The largest absolute Gasteiger partial charge is 0.493 e. The molecule has 0 radical (unpaired) electrons. The third kappa shape index (κ3) is 3.66. The molecule has 1 amide bonds. The first-order valence-corrected chi connectivity index (χ1v) is 9.34. The number of nitrogens with zero attached hydrogens (tertiary/aromatic N) is 6. The summed E-state index contributed by atoms with van der Waals surface area (Å²) in [6.45, 7) is 5.13. The minimum absolute atomic E-state index is 0.00485. The van der Waals surface area contributed by atoms with Crippen LogP contribution in [0.1, 0.15) is 17.3 Å². The summed E-state index contributed by atoms with van der Waals surface area (Å²) in [5.74, 6) is 2.18. The van der Waals surface area contributed by atoms with Crippen LogP contribution in [0.2, 0.25) is 0 Å². The fraction of sp³-hybridized carbons (Fsp3) is 0.300. The van der Waals surface area contributed by atoms with Gasteiger partial charge in [-0.15, -0.1) is 10.2 Å². The van der Waals surface area contributed by atoms with E-state index in [1.54, 1.807) is 12.5 Å². The van der Waals surface area contributed by atoms with Crippen molar-refractivity contribution in [2.45, 2.75) is 6.92 Å². The summed E-state index contributed by atoms with van der Waals surface area (Å²) < 4.78 is 7.41. The summed E-state index contributed by atoms with van der Waals surface area (Å²) in [6.07, 6.45) is 5.22. The SMILES string of the molecule is CCOc1ccccc1C(=O)N1CCN(c2ccc(-n3ccnc3)nn2)CC1. The van der Waals surface area contributed by atoms with E-state index < -0.39 is 0 Å². The molecule has 0 bridgehead atoms. The van der Waals surface area contributed by atoms with Crippen molar-refractivity contribution in [3.63, 3.8) is 0 Å². The van der Waals surface area contributed by atoms with Gasteiger partial charge in [0.1, 0.15) is 12.1 Å². The number of hydrogen-bond donors (Lipinski definition) is 0. The number of aromatic nitrogens is 4. The molecular formula is C20H22N6O2. The van der Waals surface area contributed by atoms with Crippen LogP contribution in [0.15, 0.2) is 55.1 Å². The van der Waals surface area contributed by atoms with E-state index >= 15 is 0 Å². The third-order valence-electron chi connectivity index (χ3n) is 4.71. The van der Waals surface area contributed by atoms with Crippen molar-refractivity contribution < 1.29 is 9.53 Å². The highest BCUT2D eigenvalue weighted by molar-refractivity contribution is 5.97. The van der Waals surface area contributed by atoms with Gasteiger partial charge in [-0.3, -0.25) is 9.36 Å². The third-order valence-corrected chi connectivity index (χ3v) is 4.71. The molecular weight excluding hydrogens is 356 g/mol. The first-order chi connectivity index (χ1) is 13.8. The highest BCUT2D eigenvalue weighted by Crippen LogP contribution is 2.21. The number of amides is 1. The first kappa shape index (κ1) is 18.0. The van der Waals surface area contributed by atoms with Gasteiger partial charge in [0, 0.05) is 38.6 Å². The van der Waals surface area contributed by atoms with E-state index in [9.17, 15) is 4.79 Å². The van der Waals surface area contributed by atoms with Crippen LogP contribution in [0.5, 0.6) is 5.75 Å². The molecule has 144 valence electrons. The lowest BCUT2D eigenvalue weighted by Gasteiger charge is -2.35. The highest BCUT2D eigenvalue weighted by atomic mass is 16.5. The molecule has 4 rings (SSSR count). The van der Waals surface area contributed by atoms with Gasteiger partial charge in [0.25, 0.3) is 5.91 Å². The Morgan fingerprint density at radius 2 is 1.79 bits per heavy atom. The molecule has 0 spiro atoms. The topological polar surface area (TPSA) is 76.4 Å². The van der Waals surface area contributed by atoms with Gasteiger partial charge in [-0.25, -0.2) is 4.98 Å². The van der Waals surface area contributed by atoms with Gasteiger partial charge in [0.15, 0.2) is 11.6 Å². The summed E-state index contributed by atoms with van der Waals surface area (Å²) in [4.78, 5) is 20.9. The van der Waals surface area contributed by atoms with Crippen molar-refractivity contribution in [2.24, 2.45) is 0 Å². The molecule has 8 heteroatoms. The van der Waals surface area contributed by atoms with Gasteiger partial charge in [-0.05, 0) is 31.2 Å². The molecule has 1 fully saturated rings. The standard InChI is InChI=1S/C20H22N6O2/c1-2-28-17-6-4-3-5-16(17)20(27)25-13-11-24(12-14-25)18-7-8-19(23-22-18)26-10-9-21-15-26/h3-10,15H,2,11-14H2,1H3. The minimum atomic E-state index is 0.00485. The van der Waals surface area contributed by atoms with E-state index in [2.05, 4.69) is 20.1 Å². The quantitative estimate of drug-likeness (QED) is 0.676. The predicted octanol–water partition coefficient (Wildman–Crippen LogP) is 2.02. The van der Waals surface area contributed by atoms with Gasteiger partial charge in [-0.2, -0.15) is 0 Å². The molecule has 1 aromatic carbocycles. The molecule has 1 saturated heterocycles. The Morgan fingerprint density at radius 3 is 2.46 bits per heavy atom. The second kappa shape index (κ2) is 8.08. The van der Waals surface area contributed by atoms with Crippen molar-refractivity contribution in [2.75, 3.05) is 37.7 Å². The van der Waals surface area contributed by atoms with Gasteiger partial charge in [0.2, 0.25) is 0 Å². The zero-order chi connectivity index (χ0) is 19.3. The fourth-order valence-electron chi connectivity index (χ4n) is 3.25. The van der Waals surface area contributed by atoms with Crippen molar-refractivity contribution in [1.82, 2.24) is 24.6 Å². The van der Waals surface area contributed by atoms with Crippen LogP contribution in [0.4, 0.5) is 5.82 Å². The number of imidazole rings is 1. The van der Waals surface area contributed by atoms with E-state index in [-0.39, 0.29) is 5.91 Å². The van der Waals surface area contributed by atoms with E-state index in [1.807, 2.05) is 59.0 Å². The molecule has 0 N–H and O–H groups in total. The number of piperazine rings is 1. The van der Waals surface area contributed by atoms with Gasteiger partial charge in [0.05, 0.1) is 12.2 Å². The summed E-state index contributed by atoms with van der Waals surface area (Å²) in [6, 6.07) is 11.3. The average Bonchev–Trinajstić information content (AvgIpc) is 3.29. The van der Waals surface area contributed by atoms with E-state index in [1.165, 1.54) is 0 Å². The fourth-order valence-corrected chi connectivity index (χ4v) is 3.25. The van der Waals surface area contributed by atoms with Crippen LogP contribution in [-0.2, 0) is 0 Å². The number of anilines is 1. The molecule has 3 aromatic rings. The molecule has 0 atom stereocenters. The average molecular weight is 378 g/mol. The van der Waals surface area contributed by atoms with Gasteiger partial charge >= 0.3 is 0 Å². The number of ether oxygens (including phenoxy) is 1. The monoisotopic (exact) mass is 378 g/mol. The van der Waals surface area contributed by atoms with Crippen LogP contribution < -0.4 is 9.64 Å². The summed E-state index contributed by atoms with van der Waals surface area (Å²) in [7, 11) is 0. The number of benzene rings is 1. The Kier molecular flexibility index (Phi) is 5.18. The predicted molar refractivity (Wildman–Crippen MR) is 105 cm³/mol. The van der Waals surface area contributed by atoms with Crippen LogP contribution in [-0.4, -0.2) is 63.3 Å². The number of carbonyl (C=O) groups excluding carboxylic acids is 1. The van der Waals surface area contributed by atoms with Crippen molar-refractivity contribution in [3.05, 3.63) is 60.7 Å². The summed E-state index contributed by atoms with van der Waals surface area (Å²) >= 11 is 0. The van der Waals surface area contributed by atoms with E-state index in [0.29, 0.717) is 44.1 Å². The molecule has 0 aliphatic carbocycles.